The number of amides is 1. The van der Waals surface area contributed by atoms with Crippen LogP contribution in [0.4, 0.5) is 5.69 Å². The summed E-state index contributed by atoms with van der Waals surface area (Å²) < 4.78 is 16.1. The van der Waals surface area contributed by atoms with Crippen molar-refractivity contribution in [1.29, 1.82) is 0 Å². The van der Waals surface area contributed by atoms with Gasteiger partial charge in [0.2, 0.25) is 0 Å². The van der Waals surface area contributed by atoms with Crippen LogP contribution in [-0.4, -0.2) is 70.0 Å². The Kier molecular flexibility index (Phi) is 5.35. The number of methoxy groups -OCH3 is 1. The molecule has 1 aromatic rings. The van der Waals surface area contributed by atoms with Gasteiger partial charge in [-0.15, -0.1) is 0 Å². The molecular weight excluding hydrogens is 296 g/mol. The molecule has 1 amide bonds. The molecule has 0 saturated carbocycles. The highest BCUT2D eigenvalue weighted by molar-refractivity contribution is 5.81. The molecule has 0 bridgehead atoms. The summed E-state index contributed by atoms with van der Waals surface area (Å²) >= 11 is 0. The van der Waals surface area contributed by atoms with Crippen LogP contribution < -0.4 is 9.64 Å². The van der Waals surface area contributed by atoms with Gasteiger partial charge in [-0.1, -0.05) is 0 Å². The third-order valence-corrected chi connectivity index (χ3v) is 4.34. The molecule has 0 aromatic heterocycles. The van der Waals surface area contributed by atoms with Gasteiger partial charge in [-0.25, -0.2) is 0 Å². The molecule has 23 heavy (non-hydrogen) atoms. The van der Waals surface area contributed by atoms with E-state index in [0.29, 0.717) is 26.4 Å². The fraction of sp³-hybridized carbons (Fsp3) is 0.588. The van der Waals surface area contributed by atoms with Crippen molar-refractivity contribution in [3.63, 3.8) is 0 Å². The molecule has 2 aliphatic rings. The minimum absolute atomic E-state index is 0.0567. The van der Waals surface area contributed by atoms with Crippen LogP contribution >= 0.6 is 0 Å². The van der Waals surface area contributed by atoms with Crippen molar-refractivity contribution in [1.82, 2.24) is 4.90 Å². The summed E-state index contributed by atoms with van der Waals surface area (Å²) in [5.74, 6) is 0.913. The second-order valence-corrected chi connectivity index (χ2v) is 5.80. The highest BCUT2D eigenvalue weighted by Gasteiger charge is 2.28. The topological polar surface area (TPSA) is 51.2 Å². The van der Waals surface area contributed by atoms with Crippen LogP contribution in [0.25, 0.3) is 0 Å². The summed E-state index contributed by atoms with van der Waals surface area (Å²) in [5.41, 5.74) is 1.16. The first-order valence-corrected chi connectivity index (χ1v) is 8.15. The number of carbonyl (C=O) groups is 1. The zero-order valence-corrected chi connectivity index (χ0v) is 13.6. The van der Waals surface area contributed by atoms with E-state index in [0.717, 1.165) is 37.5 Å². The molecule has 0 aliphatic carbocycles. The fourth-order valence-electron chi connectivity index (χ4n) is 3.02. The zero-order valence-electron chi connectivity index (χ0n) is 13.6. The molecule has 2 fully saturated rings. The first kappa shape index (κ1) is 16.1. The van der Waals surface area contributed by atoms with Crippen LogP contribution in [0.1, 0.15) is 6.42 Å². The highest BCUT2D eigenvalue weighted by atomic mass is 16.6. The minimum atomic E-state index is -0.434. The van der Waals surface area contributed by atoms with Crippen molar-refractivity contribution in [2.24, 2.45) is 0 Å². The molecule has 126 valence electrons. The third-order valence-electron chi connectivity index (χ3n) is 4.34. The van der Waals surface area contributed by atoms with E-state index in [-0.39, 0.29) is 5.91 Å². The van der Waals surface area contributed by atoms with Gasteiger partial charge in [0.25, 0.3) is 5.91 Å². The van der Waals surface area contributed by atoms with Crippen molar-refractivity contribution in [2.75, 3.05) is 58.0 Å². The van der Waals surface area contributed by atoms with Crippen molar-refractivity contribution in [2.45, 2.75) is 12.5 Å². The quantitative estimate of drug-likeness (QED) is 0.836. The average Bonchev–Trinajstić information content (AvgIpc) is 2.88. The Bertz CT molecular complexity index is 514. The van der Waals surface area contributed by atoms with E-state index in [4.69, 9.17) is 14.2 Å². The minimum Gasteiger partial charge on any atom is -0.497 e. The molecule has 1 aromatic carbocycles. The predicted octanol–water partition coefficient (Wildman–Crippen LogP) is 1.15. The molecule has 6 heteroatoms. The Morgan fingerprint density at radius 1 is 1.13 bits per heavy atom. The molecule has 2 heterocycles. The number of rotatable bonds is 3. The Balaban J connectivity index is 1.58. The van der Waals surface area contributed by atoms with Crippen LogP contribution in [0.5, 0.6) is 5.75 Å². The van der Waals surface area contributed by atoms with Gasteiger partial charge < -0.3 is 24.0 Å². The van der Waals surface area contributed by atoms with E-state index in [1.54, 1.807) is 7.11 Å². The van der Waals surface area contributed by atoms with Crippen molar-refractivity contribution in [3.05, 3.63) is 24.3 Å². The standard InChI is InChI=1S/C17H24N2O4/c1-21-15-5-3-14(4-6-15)18-7-2-8-19(10-9-18)17(20)16-13-22-11-12-23-16/h3-6,16H,2,7-13H2,1H3. The summed E-state index contributed by atoms with van der Waals surface area (Å²) in [4.78, 5) is 16.7. The van der Waals surface area contributed by atoms with E-state index >= 15 is 0 Å². The normalized spacial score (nSPS) is 22.6. The van der Waals surface area contributed by atoms with Gasteiger partial charge in [0.1, 0.15) is 5.75 Å². The fourth-order valence-corrected chi connectivity index (χ4v) is 3.02. The molecule has 1 unspecified atom stereocenters. The highest BCUT2D eigenvalue weighted by Crippen LogP contribution is 2.21. The van der Waals surface area contributed by atoms with E-state index in [9.17, 15) is 4.79 Å². The Labute approximate surface area is 136 Å². The zero-order chi connectivity index (χ0) is 16.1. The summed E-state index contributed by atoms with van der Waals surface area (Å²) in [7, 11) is 1.67. The largest absolute Gasteiger partial charge is 0.497 e. The molecule has 2 saturated heterocycles. The lowest BCUT2D eigenvalue weighted by atomic mass is 10.2. The lowest BCUT2D eigenvalue weighted by molar-refractivity contribution is -0.157. The maximum atomic E-state index is 12.5. The number of carbonyl (C=O) groups excluding carboxylic acids is 1. The SMILES string of the molecule is COc1ccc(N2CCCN(C(=O)C3COCCO3)CC2)cc1. The van der Waals surface area contributed by atoms with E-state index in [1.807, 2.05) is 17.0 Å². The number of hydrogen-bond donors (Lipinski definition) is 0. The van der Waals surface area contributed by atoms with E-state index in [2.05, 4.69) is 17.0 Å². The molecule has 3 rings (SSSR count). The monoisotopic (exact) mass is 320 g/mol. The molecule has 1 atom stereocenters. The summed E-state index contributed by atoms with van der Waals surface area (Å²) in [6.45, 7) is 4.70. The molecule has 6 nitrogen and oxygen atoms in total. The first-order valence-electron chi connectivity index (χ1n) is 8.15. The second kappa shape index (κ2) is 7.66. The van der Waals surface area contributed by atoms with Gasteiger partial charge in [-0.3, -0.25) is 4.79 Å². The number of ether oxygens (including phenoxy) is 3. The van der Waals surface area contributed by atoms with Gasteiger partial charge >= 0.3 is 0 Å². The molecule has 0 N–H and O–H groups in total. The molecule has 0 spiro atoms. The van der Waals surface area contributed by atoms with Crippen LogP contribution in [0.2, 0.25) is 0 Å². The summed E-state index contributed by atoms with van der Waals surface area (Å²) in [5, 5.41) is 0. The van der Waals surface area contributed by atoms with Crippen LogP contribution in [0, 0.1) is 0 Å². The van der Waals surface area contributed by atoms with Crippen molar-refractivity contribution >= 4 is 11.6 Å². The van der Waals surface area contributed by atoms with Crippen molar-refractivity contribution in [3.8, 4) is 5.75 Å². The van der Waals surface area contributed by atoms with Gasteiger partial charge in [0.15, 0.2) is 6.10 Å². The number of anilines is 1. The Morgan fingerprint density at radius 3 is 2.65 bits per heavy atom. The van der Waals surface area contributed by atoms with E-state index in [1.165, 1.54) is 0 Å². The summed E-state index contributed by atoms with van der Waals surface area (Å²) in [6, 6.07) is 8.06. The van der Waals surface area contributed by atoms with Crippen LogP contribution in [0.15, 0.2) is 24.3 Å². The molecule has 0 radical (unpaired) electrons. The van der Waals surface area contributed by atoms with Gasteiger partial charge in [0, 0.05) is 31.9 Å². The maximum absolute atomic E-state index is 12.5. The molecule has 2 aliphatic heterocycles. The number of benzene rings is 1. The number of nitrogens with zero attached hydrogens (tertiary/aromatic N) is 2. The second-order valence-electron chi connectivity index (χ2n) is 5.80. The van der Waals surface area contributed by atoms with Crippen molar-refractivity contribution < 1.29 is 19.0 Å². The Hall–Kier alpha value is -1.79. The van der Waals surface area contributed by atoms with Gasteiger partial charge in [-0.05, 0) is 30.7 Å². The van der Waals surface area contributed by atoms with E-state index < -0.39 is 6.10 Å². The number of hydrogen-bond acceptors (Lipinski definition) is 5. The maximum Gasteiger partial charge on any atom is 0.254 e. The first-order chi connectivity index (χ1) is 11.3. The van der Waals surface area contributed by atoms with Crippen LogP contribution in [-0.2, 0) is 14.3 Å². The van der Waals surface area contributed by atoms with Crippen LogP contribution in [0.3, 0.4) is 0 Å². The summed E-state index contributed by atoms with van der Waals surface area (Å²) in [6.07, 6.45) is 0.516. The lowest BCUT2D eigenvalue weighted by Crippen LogP contribution is -2.46. The van der Waals surface area contributed by atoms with Gasteiger partial charge in [-0.2, -0.15) is 0 Å². The van der Waals surface area contributed by atoms with Gasteiger partial charge in [0.05, 0.1) is 26.9 Å². The average molecular weight is 320 g/mol. The third kappa shape index (κ3) is 3.95. The predicted molar refractivity (Wildman–Crippen MR) is 87.0 cm³/mol. The smallest absolute Gasteiger partial charge is 0.254 e. The molecular formula is C17H24N2O4. The Morgan fingerprint density at radius 2 is 1.96 bits per heavy atom. The lowest BCUT2D eigenvalue weighted by Gasteiger charge is -2.28.